The van der Waals surface area contributed by atoms with Crippen LogP contribution in [-0.4, -0.2) is 36.0 Å². The Balaban J connectivity index is 2.05. The van der Waals surface area contributed by atoms with Gasteiger partial charge in [-0.2, -0.15) is 0 Å². The maximum atomic E-state index is 12.5. The quantitative estimate of drug-likeness (QED) is 0.903. The monoisotopic (exact) mass is 288 g/mol. The van der Waals surface area contributed by atoms with E-state index < -0.39 is 0 Å². The van der Waals surface area contributed by atoms with Crippen molar-refractivity contribution >= 4 is 5.91 Å². The summed E-state index contributed by atoms with van der Waals surface area (Å²) >= 11 is 0. The molecule has 3 nitrogen and oxygen atoms in total. The van der Waals surface area contributed by atoms with E-state index in [1.807, 2.05) is 13.8 Å². The van der Waals surface area contributed by atoms with Crippen LogP contribution in [0.2, 0.25) is 0 Å². The van der Waals surface area contributed by atoms with Gasteiger partial charge >= 0.3 is 0 Å². The summed E-state index contributed by atoms with van der Waals surface area (Å²) in [5.41, 5.74) is 1.40. The molecule has 1 saturated heterocycles. The van der Waals surface area contributed by atoms with Crippen molar-refractivity contribution in [1.29, 1.82) is 0 Å². The van der Waals surface area contributed by atoms with Gasteiger partial charge in [0.2, 0.25) is 5.91 Å². The van der Waals surface area contributed by atoms with Crippen molar-refractivity contribution in [3.63, 3.8) is 0 Å². The zero-order valence-electron chi connectivity index (χ0n) is 13.7. The van der Waals surface area contributed by atoms with E-state index in [1.54, 1.807) is 0 Å². The molecule has 1 N–H and O–H groups in total. The summed E-state index contributed by atoms with van der Waals surface area (Å²) in [5, 5.41) is 3.08. The van der Waals surface area contributed by atoms with Crippen LogP contribution in [-0.2, 0) is 4.79 Å². The molecular formula is C18H28N2O. The molecule has 2 unspecified atom stereocenters. The summed E-state index contributed by atoms with van der Waals surface area (Å²) in [7, 11) is 0. The van der Waals surface area contributed by atoms with Gasteiger partial charge in [0.15, 0.2) is 0 Å². The van der Waals surface area contributed by atoms with Gasteiger partial charge in [-0.15, -0.1) is 0 Å². The number of likely N-dealkylation sites (tertiary alicyclic amines) is 1. The zero-order chi connectivity index (χ0) is 15.4. The summed E-state index contributed by atoms with van der Waals surface area (Å²) in [6.07, 6.45) is 1.14. The fourth-order valence-electron chi connectivity index (χ4n) is 3.30. The minimum atomic E-state index is -0.0129. The lowest BCUT2D eigenvalue weighted by molar-refractivity contribution is -0.128. The van der Waals surface area contributed by atoms with Gasteiger partial charge in [-0.1, -0.05) is 44.2 Å². The number of carbonyl (C=O) groups is 1. The van der Waals surface area contributed by atoms with E-state index >= 15 is 0 Å². The first-order valence-electron chi connectivity index (χ1n) is 8.08. The zero-order valence-corrected chi connectivity index (χ0v) is 13.7. The van der Waals surface area contributed by atoms with Crippen molar-refractivity contribution in [2.75, 3.05) is 13.1 Å². The minimum absolute atomic E-state index is 0.0129. The van der Waals surface area contributed by atoms with Crippen LogP contribution in [0.4, 0.5) is 0 Å². The predicted octanol–water partition coefficient (Wildman–Crippen LogP) is 3.03. The third-order valence-corrected chi connectivity index (χ3v) is 4.22. The van der Waals surface area contributed by atoms with E-state index in [1.165, 1.54) is 5.56 Å². The van der Waals surface area contributed by atoms with Gasteiger partial charge in [0.25, 0.3) is 0 Å². The summed E-state index contributed by atoms with van der Waals surface area (Å²) in [6, 6.07) is 10.8. The highest BCUT2D eigenvalue weighted by Crippen LogP contribution is 2.29. The molecule has 0 spiro atoms. The number of carbonyl (C=O) groups excluding carboxylic acids is 1. The van der Waals surface area contributed by atoms with Crippen LogP contribution < -0.4 is 5.32 Å². The molecule has 0 saturated carbocycles. The lowest BCUT2D eigenvalue weighted by Crippen LogP contribution is -2.50. The number of benzene rings is 1. The molecule has 21 heavy (non-hydrogen) atoms. The van der Waals surface area contributed by atoms with Crippen molar-refractivity contribution in [3.05, 3.63) is 35.9 Å². The molecule has 1 fully saturated rings. The van der Waals surface area contributed by atoms with Crippen molar-refractivity contribution in [2.45, 2.75) is 52.1 Å². The smallest absolute Gasteiger partial charge is 0.237 e. The van der Waals surface area contributed by atoms with Crippen molar-refractivity contribution in [1.82, 2.24) is 10.2 Å². The molecule has 1 amide bonds. The first-order chi connectivity index (χ1) is 9.99. The second-order valence-corrected chi connectivity index (χ2v) is 6.74. The maximum absolute atomic E-state index is 12.5. The first kappa shape index (κ1) is 16.0. The Kier molecular flexibility index (Phi) is 5.40. The Morgan fingerprint density at radius 3 is 2.43 bits per heavy atom. The van der Waals surface area contributed by atoms with Gasteiger partial charge in [0.05, 0.1) is 6.04 Å². The van der Waals surface area contributed by atoms with Crippen LogP contribution in [0.15, 0.2) is 30.3 Å². The van der Waals surface area contributed by atoms with Gasteiger partial charge in [-0.3, -0.25) is 9.69 Å². The SMILES string of the molecule is CC(C)NC(=O)C(C(C)C)N1CCC(c2ccccc2)C1. The third-order valence-electron chi connectivity index (χ3n) is 4.22. The molecule has 2 atom stereocenters. The Morgan fingerprint density at radius 1 is 1.19 bits per heavy atom. The highest BCUT2D eigenvalue weighted by molar-refractivity contribution is 5.82. The van der Waals surface area contributed by atoms with Gasteiger partial charge < -0.3 is 5.32 Å². The minimum Gasteiger partial charge on any atom is -0.353 e. The van der Waals surface area contributed by atoms with E-state index in [4.69, 9.17) is 0 Å². The molecule has 3 heteroatoms. The Hall–Kier alpha value is -1.35. The van der Waals surface area contributed by atoms with Crippen LogP contribution in [0.1, 0.15) is 45.6 Å². The average Bonchev–Trinajstić information content (AvgIpc) is 2.88. The summed E-state index contributed by atoms with van der Waals surface area (Å²) in [5.74, 6) is 1.06. The van der Waals surface area contributed by atoms with Crippen LogP contribution in [0, 0.1) is 5.92 Å². The second kappa shape index (κ2) is 7.08. The van der Waals surface area contributed by atoms with E-state index in [-0.39, 0.29) is 18.0 Å². The van der Waals surface area contributed by atoms with Crippen molar-refractivity contribution in [2.24, 2.45) is 5.92 Å². The molecule has 1 heterocycles. The third kappa shape index (κ3) is 4.07. The Bertz CT molecular complexity index is 456. The molecule has 2 rings (SSSR count). The van der Waals surface area contributed by atoms with Crippen LogP contribution >= 0.6 is 0 Å². The predicted molar refractivity (Wildman–Crippen MR) is 87.3 cm³/mol. The number of rotatable bonds is 5. The molecule has 0 radical (unpaired) electrons. The Morgan fingerprint density at radius 2 is 1.86 bits per heavy atom. The van der Waals surface area contributed by atoms with Gasteiger partial charge in [-0.25, -0.2) is 0 Å². The summed E-state index contributed by atoms with van der Waals surface area (Å²) in [4.78, 5) is 14.8. The van der Waals surface area contributed by atoms with Crippen molar-refractivity contribution in [3.8, 4) is 0 Å². The van der Waals surface area contributed by atoms with E-state index in [2.05, 4.69) is 54.4 Å². The first-order valence-corrected chi connectivity index (χ1v) is 8.08. The van der Waals surface area contributed by atoms with E-state index in [0.29, 0.717) is 11.8 Å². The van der Waals surface area contributed by atoms with Crippen LogP contribution in [0.5, 0.6) is 0 Å². The van der Waals surface area contributed by atoms with Crippen LogP contribution in [0.25, 0.3) is 0 Å². The molecule has 0 aliphatic carbocycles. The lowest BCUT2D eigenvalue weighted by Gasteiger charge is -2.30. The van der Waals surface area contributed by atoms with Gasteiger partial charge in [0, 0.05) is 12.6 Å². The molecule has 1 aliphatic heterocycles. The number of hydrogen-bond acceptors (Lipinski definition) is 2. The average molecular weight is 288 g/mol. The molecule has 1 aliphatic rings. The van der Waals surface area contributed by atoms with Gasteiger partial charge in [-0.05, 0) is 44.2 Å². The van der Waals surface area contributed by atoms with Crippen LogP contribution in [0.3, 0.4) is 0 Å². The standard InChI is InChI=1S/C18H28N2O/c1-13(2)17(18(21)19-14(3)4)20-11-10-16(12-20)15-8-6-5-7-9-15/h5-9,13-14,16-17H,10-12H2,1-4H3,(H,19,21). The molecule has 116 valence electrons. The van der Waals surface area contributed by atoms with Gasteiger partial charge in [0.1, 0.15) is 0 Å². The normalized spacial score (nSPS) is 21.0. The summed E-state index contributed by atoms with van der Waals surface area (Å²) < 4.78 is 0. The highest BCUT2D eigenvalue weighted by Gasteiger charge is 2.34. The fourth-order valence-corrected chi connectivity index (χ4v) is 3.30. The number of hydrogen-bond donors (Lipinski definition) is 1. The van der Waals surface area contributed by atoms with Crippen molar-refractivity contribution < 1.29 is 4.79 Å². The van der Waals surface area contributed by atoms with E-state index in [0.717, 1.165) is 19.5 Å². The molecule has 0 bridgehead atoms. The molecule has 1 aromatic carbocycles. The second-order valence-electron chi connectivity index (χ2n) is 6.74. The molecule has 1 aromatic rings. The molecular weight excluding hydrogens is 260 g/mol. The fraction of sp³-hybridized carbons (Fsp3) is 0.611. The Labute approximate surface area is 128 Å². The topological polar surface area (TPSA) is 32.3 Å². The largest absolute Gasteiger partial charge is 0.353 e. The molecule has 0 aromatic heterocycles. The van der Waals surface area contributed by atoms with E-state index in [9.17, 15) is 4.79 Å². The number of nitrogens with one attached hydrogen (secondary N) is 1. The number of amides is 1. The number of nitrogens with zero attached hydrogens (tertiary/aromatic N) is 1. The lowest BCUT2D eigenvalue weighted by atomic mass is 9.98. The summed E-state index contributed by atoms with van der Waals surface area (Å²) in [6.45, 7) is 10.3. The highest BCUT2D eigenvalue weighted by atomic mass is 16.2. The maximum Gasteiger partial charge on any atom is 0.237 e.